The smallest absolute Gasteiger partial charge is 0.422 e. The zero-order chi connectivity index (χ0) is 22.3. The zero-order valence-electron chi connectivity index (χ0n) is 16.6. The van der Waals surface area contributed by atoms with Crippen LogP contribution < -0.4 is 20.1 Å². The molecule has 2 heterocycles. The van der Waals surface area contributed by atoms with Gasteiger partial charge in [-0.3, -0.25) is 9.59 Å². The number of hydrogen-bond acceptors (Lipinski definition) is 6. The standard InChI is InChI=1S/C19H21F3N4O4/c1-4-15(27)25-14-8-13(7-11(2)24-14)17(28)23-9-12-5-6-16(26-18(12)29-3)30-10-19(20,21)22/h5-8H,4,9-10H2,1-3H3,(H,23,28)(H,24,25,27). The predicted octanol–water partition coefficient (Wildman–Crippen LogP) is 3.01. The van der Waals surface area contributed by atoms with Crippen LogP contribution in [0.4, 0.5) is 19.0 Å². The lowest BCUT2D eigenvalue weighted by molar-refractivity contribution is -0.154. The van der Waals surface area contributed by atoms with Crippen molar-refractivity contribution in [2.75, 3.05) is 19.0 Å². The third kappa shape index (κ3) is 6.90. The molecule has 0 atom stereocenters. The van der Waals surface area contributed by atoms with E-state index in [1.165, 1.54) is 25.3 Å². The van der Waals surface area contributed by atoms with Gasteiger partial charge >= 0.3 is 6.18 Å². The van der Waals surface area contributed by atoms with Crippen molar-refractivity contribution in [2.45, 2.75) is 33.0 Å². The number of hydrogen-bond donors (Lipinski definition) is 2. The van der Waals surface area contributed by atoms with Crippen molar-refractivity contribution in [3.05, 3.63) is 41.1 Å². The number of ether oxygens (including phenoxy) is 2. The summed E-state index contributed by atoms with van der Waals surface area (Å²) in [6.45, 7) is 1.91. The van der Waals surface area contributed by atoms with Crippen LogP contribution in [0.1, 0.15) is 35.0 Å². The third-order valence-corrected chi connectivity index (χ3v) is 3.73. The number of alkyl halides is 3. The minimum Gasteiger partial charge on any atom is -0.481 e. The Bertz CT molecular complexity index is 919. The quantitative estimate of drug-likeness (QED) is 0.673. The fourth-order valence-corrected chi connectivity index (χ4v) is 2.37. The Morgan fingerprint density at radius 3 is 2.53 bits per heavy atom. The lowest BCUT2D eigenvalue weighted by Crippen LogP contribution is -2.24. The lowest BCUT2D eigenvalue weighted by Gasteiger charge is -2.13. The van der Waals surface area contributed by atoms with Crippen molar-refractivity contribution in [3.8, 4) is 11.8 Å². The maximum absolute atomic E-state index is 12.5. The number of aromatic nitrogens is 2. The maximum Gasteiger partial charge on any atom is 0.422 e. The second kappa shape index (κ2) is 9.90. The summed E-state index contributed by atoms with van der Waals surface area (Å²) in [7, 11) is 1.30. The molecule has 11 heteroatoms. The van der Waals surface area contributed by atoms with E-state index in [4.69, 9.17) is 4.74 Å². The molecule has 0 fully saturated rings. The molecular weight excluding hydrogens is 405 g/mol. The number of pyridine rings is 2. The van der Waals surface area contributed by atoms with Crippen LogP contribution in [0.5, 0.6) is 11.8 Å². The molecule has 2 N–H and O–H groups in total. The van der Waals surface area contributed by atoms with E-state index < -0.39 is 18.7 Å². The number of halogens is 3. The molecule has 0 radical (unpaired) electrons. The molecule has 0 spiro atoms. The summed E-state index contributed by atoms with van der Waals surface area (Å²) in [4.78, 5) is 32.1. The Balaban J connectivity index is 2.07. The summed E-state index contributed by atoms with van der Waals surface area (Å²) in [5.74, 6) is -0.635. The molecule has 8 nitrogen and oxygen atoms in total. The molecule has 2 rings (SSSR count). The Labute approximate surface area is 170 Å². The largest absolute Gasteiger partial charge is 0.481 e. The summed E-state index contributed by atoms with van der Waals surface area (Å²) < 4.78 is 46.4. The second-order valence-electron chi connectivity index (χ2n) is 6.19. The van der Waals surface area contributed by atoms with E-state index in [0.717, 1.165) is 0 Å². The van der Waals surface area contributed by atoms with Gasteiger partial charge in [0.25, 0.3) is 5.91 Å². The van der Waals surface area contributed by atoms with Crippen LogP contribution in [-0.2, 0) is 11.3 Å². The Morgan fingerprint density at radius 1 is 1.17 bits per heavy atom. The highest BCUT2D eigenvalue weighted by atomic mass is 19.4. The van der Waals surface area contributed by atoms with E-state index in [1.54, 1.807) is 19.9 Å². The van der Waals surface area contributed by atoms with Gasteiger partial charge in [-0.15, -0.1) is 0 Å². The molecule has 0 aliphatic carbocycles. The minimum absolute atomic E-state index is 0.00653. The first kappa shape index (κ1) is 22.9. The maximum atomic E-state index is 12.5. The molecule has 162 valence electrons. The van der Waals surface area contributed by atoms with E-state index in [-0.39, 0.29) is 42.0 Å². The van der Waals surface area contributed by atoms with Gasteiger partial charge in [-0.1, -0.05) is 6.92 Å². The van der Waals surface area contributed by atoms with Gasteiger partial charge in [0.15, 0.2) is 6.61 Å². The van der Waals surface area contributed by atoms with Crippen molar-refractivity contribution < 1.29 is 32.2 Å². The number of aryl methyl sites for hydroxylation is 1. The SMILES string of the molecule is CCC(=O)Nc1cc(C(=O)NCc2ccc(OCC(F)(F)F)nc2OC)cc(C)n1. The fraction of sp³-hybridized carbons (Fsp3) is 0.368. The highest BCUT2D eigenvalue weighted by Gasteiger charge is 2.28. The van der Waals surface area contributed by atoms with Crippen molar-refractivity contribution in [3.63, 3.8) is 0 Å². The zero-order valence-corrected chi connectivity index (χ0v) is 16.6. The highest BCUT2D eigenvalue weighted by molar-refractivity contribution is 5.96. The molecule has 2 aromatic rings. The molecule has 0 unspecified atom stereocenters. The predicted molar refractivity (Wildman–Crippen MR) is 101 cm³/mol. The Kier molecular flexibility index (Phi) is 7.56. The van der Waals surface area contributed by atoms with Crippen molar-refractivity contribution >= 4 is 17.6 Å². The molecule has 0 bridgehead atoms. The van der Waals surface area contributed by atoms with Crippen LogP contribution in [0, 0.1) is 6.92 Å². The van der Waals surface area contributed by atoms with Gasteiger partial charge in [-0.2, -0.15) is 18.2 Å². The average Bonchev–Trinajstić information content (AvgIpc) is 2.69. The van der Waals surface area contributed by atoms with Gasteiger partial charge in [0.05, 0.1) is 7.11 Å². The number of nitrogens with one attached hydrogen (secondary N) is 2. The van der Waals surface area contributed by atoms with E-state index in [1.807, 2.05) is 0 Å². The number of methoxy groups -OCH3 is 1. The molecule has 2 aromatic heterocycles. The molecule has 0 aliphatic heterocycles. The number of carbonyl (C=O) groups excluding carboxylic acids is 2. The number of rotatable bonds is 8. The first-order valence-electron chi connectivity index (χ1n) is 8.91. The first-order chi connectivity index (χ1) is 14.1. The van der Waals surface area contributed by atoms with Gasteiger partial charge in [0, 0.05) is 35.9 Å². The Morgan fingerprint density at radius 2 is 1.90 bits per heavy atom. The molecule has 0 saturated carbocycles. The molecule has 30 heavy (non-hydrogen) atoms. The summed E-state index contributed by atoms with van der Waals surface area (Å²) in [5.41, 5.74) is 1.26. The van der Waals surface area contributed by atoms with Gasteiger partial charge in [-0.05, 0) is 25.1 Å². The molecule has 0 aliphatic rings. The number of amides is 2. The second-order valence-corrected chi connectivity index (χ2v) is 6.19. The van der Waals surface area contributed by atoms with E-state index in [0.29, 0.717) is 11.3 Å². The summed E-state index contributed by atoms with van der Waals surface area (Å²) in [6.07, 6.45) is -4.22. The summed E-state index contributed by atoms with van der Waals surface area (Å²) >= 11 is 0. The fourth-order valence-electron chi connectivity index (χ4n) is 2.37. The Hall–Kier alpha value is -3.37. The average molecular weight is 426 g/mol. The molecular formula is C19H21F3N4O4. The van der Waals surface area contributed by atoms with Crippen molar-refractivity contribution in [2.24, 2.45) is 0 Å². The van der Waals surface area contributed by atoms with Gasteiger partial charge in [0.2, 0.25) is 17.7 Å². The molecule has 0 aromatic carbocycles. The van der Waals surface area contributed by atoms with Crippen LogP contribution in [-0.4, -0.2) is 41.7 Å². The van der Waals surface area contributed by atoms with Crippen LogP contribution in [0.3, 0.4) is 0 Å². The van der Waals surface area contributed by atoms with Gasteiger partial charge in [0.1, 0.15) is 5.82 Å². The van der Waals surface area contributed by atoms with Crippen molar-refractivity contribution in [1.29, 1.82) is 0 Å². The van der Waals surface area contributed by atoms with Gasteiger partial charge in [-0.25, -0.2) is 4.98 Å². The molecule has 2 amide bonds. The van der Waals surface area contributed by atoms with E-state index in [2.05, 4.69) is 25.3 Å². The lowest BCUT2D eigenvalue weighted by atomic mass is 10.2. The van der Waals surface area contributed by atoms with E-state index in [9.17, 15) is 22.8 Å². The van der Waals surface area contributed by atoms with Crippen LogP contribution >= 0.6 is 0 Å². The number of carbonyl (C=O) groups is 2. The number of anilines is 1. The highest BCUT2D eigenvalue weighted by Crippen LogP contribution is 2.22. The van der Waals surface area contributed by atoms with Crippen molar-refractivity contribution in [1.82, 2.24) is 15.3 Å². The van der Waals surface area contributed by atoms with Crippen LogP contribution in [0.15, 0.2) is 24.3 Å². The minimum atomic E-state index is -4.49. The van der Waals surface area contributed by atoms with E-state index >= 15 is 0 Å². The topological polar surface area (TPSA) is 102 Å². The summed E-state index contributed by atoms with van der Waals surface area (Å²) in [6, 6.07) is 5.70. The third-order valence-electron chi connectivity index (χ3n) is 3.73. The molecule has 0 saturated heterocycles. The first-order valence-corrected chi connectivity index (χ1v) is 8.91. The monoisotopic (exact) mass is 426 g/mol. The van der Waals surface area contributed by atoms with Crippen LogP contribution in [0.2, 0.25) is 0 Å². The normalized spacial score (nSPS) is 11.0. The summed E-state index contributed by atoms with van der Waals surface area (Å²) in [5, 5.41) is 5.26. The number of nitrogens with zero attached hydrogens (tertiary/aromatic N) is 2. The van der Waals surface area contributed by atoms with Gasteiger partial charge < -0.3 is 20.1 Å². The van der Waals surface area contributed by atoms with Crippen LogP contribution in [0.25, 0.3) is 0 Å².